The van der Waals surface area contributed by atoms with Crippen LogP contribution in [0.5, 0.6) is 11.5 Å². The minimum Gasteiger partial charge on any atom is -0.493 e. The van der Waals surface area contributed by atoms with Crippen LogP contribution >= 0.6 is 0 Å². The third-order valence-electron chi connectivity index (χ3n) is 8.35. The Balaban J connectivity index is 1.71. The molecule has 1 spiro atoms. The maximum Gasteiger partial charge on any atom is 0.180 e. The molecule has 2 aliphatic heterocycles. The van der Waals surface area contributed by atoms with Gasteiger partial charge in [0.1, 0.15) is 11.5 Å². The summed E-state index contributed by atoms with van der Waals surface area (Å²) in [6.45, 7) is 5.57. The van der Waals surface area contributed by atoms with E-state index in [9.17, 15) is 14.4 Å². The first-order valence-corrected chi connectivity index (χ1v) is 13.0. The fourth-order valence-electron chi connectivity index (χ4n) is 6.64. The van der Waals surface area contributed by atoms with E-state index in [-0.39, 0.29) is 17.3 Å². The first-order valence-electron chi connectivity index (χ1n) is 13.0. The molecule has 3 atom stereocenters. The third kappa shape index (κ3) is 3.28. The van der Waals surface area contributed by atoms with E-state index in [1.165, 1.54) is 7.11 Å². The zero-order valence-electron chi connectivity index (χ0n) is 22.6. The van der Waals surface area contributed by atoms with Crippen LogP contribution in [-0.4, -0.2) is 48.8 Å². The second kappa shape index (κ2) is 8.63. The van der Waals surface area contributed by atoms with E-state index in [1.807, 2.05) is 51.1 Å². The Morgan fingerprint density at radius 3 is 2.10 bits per heavy atom. The fraction of sp³-hybridized carbons (Fsp3) is 0.312. The van der Waals surface area contributed by atoms with Crippen molar-refractivity contribution in [3.05, 3.63) is 94.5 Å². The number of hydrogen-bond acceptors (Lipinski definition) is 7. The van der Waals surface area contributed by atoms with Crippen LogP contribution in [0.4, 0.5) is 0 Å². The number of ketones is 3. The van der Waals surface area contributed by atoms with Gasteiger partial charge in [-0.2, -0.15) is 5.10 Å². The number of carbonyl (C=O) groups is 3. The summed E-state index contributed by atoms with van der Waals surface area (Å²) in [4.78, 5) is 43.7. The van der Waals surface area contributed by atoms with Crippen molar-refractivity contribution in [3.8, 4) is 11.5 Å². The summed E-state index contributed by atoms with van der Waals surface area (Å²) in [5, 5.41) is 6.50. The molecule has 3 aromatic carbocycles. The van der Waals surface area contributed by atoms with Crippen LogP contribution in [0.25, 0.3) is 0 Å². The number of Topliss-reactive ketones (excluding diaryl/α,β-unsaturated/α-hetero) is 3. The number of carbonyl (C=O) groups excluding carboxylic acids is 3. The molecule has 1 aliphatic carbocycles. The highest BCUT2D eigenvalue weighted by Crippen LogP contribution is 2.65. The van der Waals surface area contributed by atoms with Gasteiger partial charge in [0.2, 0.25) is 0 Å². The Morgan fingerprint density at radius 1 is 0.872 bits per heavy atom. The van der Waals surface area contributed by atoms with Gasteiger partial charge in [0.25, 0.3) is 0 Å². The number of rotatable bonds is 4. The smallest absolute Gasteiger partial charge is 0.180 e. The molecule has 3 aromatic rings. The van der Waals surface area contributed by atoms with E-state index in [0.29, 0.717) is 28.2 Å². The van der Waals surface area contributed by atoms with E-state index >= 15 is 0 Å². The fourth-order valence-corrected chi connectivity index (χ4v) is 6.64. The summed E-state index contributed by atoms with van der Waals surface area (Å²) in [5.74, 6) is -0.526. The summed E-state index contributed by atoms with van der Waals surface area (Å²) in [6, 6.07) is 18.3. The Morgan fingerprint density at radius 2 is 1.49 bits per heavy atom. The van der Waals surface area contributed by atoms with Gasteiger partial charge < -0.3 is 9.47 Å². The highest BCUT2D eigenvalue weighted by molar-refractivity contribution is 6.31. The van der Waals surface area contributed by atoms with E-state index in [0.717, 1.165) is 11.1 Å². The van der Waals surface area contributed by atoms with Gasteiger partial charge in [-0.05, 0) is 28.8 Å². The van der Waals surface area contributed by atoms with Gasteiger partial charge in [-0.15, -0.1) is 0 Å². The normalized spacial score (nSPS) is 22.5. The van der Waals surface area contributed by atoms with Gasteiger partial charge in [0, 0.05) is 22.5 Å². The SMILES string of the molecule is COc1ccc([C@H]2[C@H](C(=O)C(C)(C)C)N3N=Cc4ccccc4[C@H]3C23C(=O)c2ccccc2C3=O)cc1OC. The third-order valence-corrected chi connectivity index (χ3v) is 8.35. The molecule has 0 unspecified atom stereocenters. The number of ether oxygens (including phenoxy) is 2. The van der Waals surface area contributed by atoms with Crippen LogP contribution in [0, 0.1) is 10.8 Å². The molecular formula is C32H30N2O5. The Bertz CT molecular complexity index is 1530. The highest BCUT2D eigenvalue weighted by Gasteiger charge is 2.73. The molecule has 0 aromatic heterocycles. The molecule has 1 fully saturated rings. The first kappa shape index (κ1) is 25.0. The zero-order valence-corrected chi connectivity index (χ0v) is 22.6. The molecular weight excluding hydrogens is 492 g/mol. The van der Waals surface area contributed by atoms with Crippen LogP contribution in [0.2, 0.25) is 0 Å². The maximum atomic E-state index is 14.7. The van der Waals surface area contributed by atoms with Crippen molar-refractivity contribution in [1.29, 1.82) is 0 Å². The van der Waals surface area contributed by atoms with Crippen molar-refractivity contribution < 1.29 is 23.9 Å². The average Bonchev–Trinajstić information content (AvgIpc) is 3.37. The summed E-state index contributed by atoms with van der Waals surface area (Å²) in [7, 11) is 3.09. The van der Waals surface area contributed by atoms with E-state index in [2.05, 4.69) is 0 Å². The monoisotopic (exact) mass is 522 g/mol. The summed E-state index contributed by atoms with van der Waals surface area (Å²) >= 11 is 0. The first-order chi connectivity index (χ1) is 18.7. The minimum absolute atomic E-state index is 0.0998. The summed E-state index contributed by atoms with van der Waals surface area (Å²) in [6.07, 6.45) is 1.72. The van der Waals surface area contributed by atoms with Gasteiger partial charge in [-0.25, -0.2) is 0 Å². The van der Waals surface area contributed by atoms with Gasteiger partial charge >= 0.3 is 0 Å². The van der Waals surface area contributed by atoms with E-state index < -0.39 is 28.8 Å². The lowest BCUT2D eigenvalue weighted by Gasteiger charge is -2.36. The van der Waals surface area contributed by atoms with Crippen LogP contribution in [0.15, 0.2) is 71.8 Å². The molecule has 1 saturated heterocycles. The number of hydrogen-bond donors (Lipinski definition) is 0. The molecule has 0 N–H and O–H groups in total. The molecule has 39 heavy (non-hydrogen) atoms. The van der Waals surface area contributed by atoms with Crippen molar-refractivity contribution in [2.24, 2.45) is 15.9 Å². The topological polar surface area (TPSA) is 85.3 Å². The lowest BCUT2D eigenvalue weighted by atomic mass is 9.62. The van der Waals surface area contributed by atoms with Crippen LogP contribution < -0.4 is 9.47 Å². The van der Waals surface area contributed by atoms with Crippen LogP contribution in [0.1, 0.15) is 70.1 Å². The zero-order chi connectivity index (χ0) is 27.7. The second-order valence-electron chi connectivity index (χ2n) is 11.4. The number of nitrogens with zero attached hydrogens (tertiary/aromatic N) is 2. The molecule has 7 heteroatoms. The van der Waals surface area contributed by atoms with Crippen molar-refractivity contribution in [3.63, 3.8) is 0 Å². The molecule has 2 heterocycles. The predicted molar refractivity (Wildman–Crippen MR) is 147 cm³/mol. The van der Waals surface area contributed by atoms with Crippen LogP contribution in [-0.2, 0) is 4.79 Å². The Kier molecular flexibility index (Phi) is 5.54. The molecule has 0 bridgehead atoms. The standard InChI is InChI=1S/C32H30N2O5/c1-31(2,3)30(37)26-25(18-14-15-23(38-4)24(16-18)39-5)32(28(35)21-12-8-9-13-22(21)29(32)36)27-20-11-7-6-10-19(20)17-33-34(26)27/h6-17,25-27H,1-5H3/t25-,26+,27-/m0/s1. The van der Waals surface area contributed by atoms with Crippen molar-refractivity contribution in [1.82, 2.24) is 5.01 Å². The maximum absolute atomic E-state index is 14.7. The lowest BCUT2D eigenvalue weighted by Crippen LogP contribution is -2.45. The van der Waals surface area contributed by atoms with Gasteiger partial charge in [-0.1, -0.05) is 75.4 Å². The predicted octanol–water partition coefficient (Wildman–Crippen LogP) is 5.24. The number of fused-ring (bicyclic) bond motifs is 5. The Hall–Kier alpha value is -4.26. The average molecular weight is 523 g/mol. The molecule has 198 valence electrons. The molecule has 3 aliphatic rings. The molecule has 0 saturated carbocycles. The van der Waals surface area contributed by atoms with Crippen LogP contribution in [0.3, 0.4) is 0 Å². The van der Waals surface area contributed by atoms with Gasteiger partial charge in [0.05, 0.1) is 26.5 Å². The quantitative estimate of drug-likeness (QED) is 0.436. The summed E-state index contributed by atoms with van der Waals surface area (Å²) < 4.78 is 11.1. The largest absolute Gasteiger partial charge is 0.493 e. The highest BCUT2D eigenvalue weighted by atomic mass is 16.5. The molecule has 6 rings (SSSR count). The Labute approximate surface area is 227 Å². The minimum atomic E-state index is -1.61. The van der Waals surface area contributed by atoms with Gasteiger partial charge in [-0.3, -0.25) is 19.4 Å². The summed E-state index contributed by atoms with van der Waals surface area (Å²) in [5.41, 5.74) is 0.656. The van der Waals surface area contributed by atoms with Gasteiger partial charge in [0.15, 0.2) is 28.8 Å². The number of hydrazone groups is 1. The van der Waals surface area contributed by atoms with Crippen molar-refractivity contribution in [2.75, 3.05) is 14.2 Å². The van der Waals surface area contributed by atoms with E-state index in [4.69, 9.17) is 14.6 Å². The molecule has 0 amide bonds. The molecule has 7 nitrogen and oxygen atoms in total. The van der Waals surface area contributed by atoms with E-state index in [1.54, 1.807) is 54.7 Å². The van der Waals surface area contributed by atoms with Crippen molar-refractivity contribution >= 4 is 23.6 Å². The van der Waals surface area contributed by atoms with Crippen molar-refractivity contribution in [2.45, 2.75) is 38.8 Å². The number of benzene rings is 3. The lowest BCUT2D eigenvalue weighted by molar-refractivity contribution is -0.131. The number of methoxy groups -OCH3 is 2. The second-order valence-corrected chi connectivity index (χ2v) is 11.4. The molecule has 0 radical (unpaired) electrons.